The van der Waals surface area contributed by atoms with Gasteiger partial charge in [0, 0.05) is 18.7 Å². The number of rotatable bonds is 6. The van der Waals surface area contributed by atoms with Crippen LogP contribution in [-0.2, 0) is 19.1 Å². The van der Waals surface area contributed by atoms with Gasteiger partial charge >= 0.3 is 5.97 Å². The molecule has 1 saturated heterocycles. The number of carbonyl (C=O) groups is 3. The van der Waals surface area contributed by atoms with Crippen LogP contribution in [0.5, 0.6) is 0 Å². The molecule has 1 heterocycles. The van der Waals surface area contributed by atoms with Gasteiger partial charge in [0.05, 0.1) is 17.3 Å². The third-order valence-corrected chi connectivity index (χ3v) is 4.58. The molecule has 1 aliphatic rings. The molecule has 0 aliphatic carbocycles. The van der Waals surface area contributed by atoms with Gasteiger partial charge in [-0.15, -0.1) is 0 Å². The van der Waals surface area contributed by atoms with Crippen LogP contribution in [-0.4, -0.2) is 48.7 Å². The molecule has 1 aromatic carbocycles. The van der Waals surface area contributed by atoms with Crippen LogP contribution in [0.15, 0.2) is 18.2 Å². The normalized spacial score (nSPS) is 19.6. The standard InChI is InChI=1S/C16H18Cl2N2O5/c1-16(8-25-2,15(23)24)19-13(21)10-5-6-20(14(10)22)12-7-9(17)3-4-11(12)18/h3-4,7,10H,5-6,8H2,1-2H3,(H,19,21)(H,23,24). The van der Waals surface area contributed by atoms with E-state index in [1.165, 1.54) is 18.9 Å². The highest BCUT2D eigenvalue weighted by molar-refractivity contribution is 6.36. The van der Waals surface area contributed by atoms with Gasteiger partial charge in [-0.05, 0) is 31.5 Å². The minimum absolute atomic E-state index is 0.223. The number of carbonyl (C=O) groups excluding carboxylic acids is 2. The number of carboxylic acid groups (broad SMARTS) is 1. The summed E-state index contributed by atoms with van der Waals surface area (Å²) in [5, 5.41) is 12.4. The predicted molar refractivity (Wildman–Crippen MR) is 93.0 cm³/mol. The quantitative estimate of drug-likeness (QED) is 0.726. The summed E-state index contributed by atoms with van der Waals surface area (Å²) in [5.41, 5.74) is -1.19. The fourth-order valence-electron chi connectivity index (χ4n) is 2.65. The number of amides is 2. The summed E-state index contributed by atoms with van der Waals surface area (Å²) < 4.78 is 4.85. The molecule has 1 aliphatic heterocycles. The van der Waals surface area contributed by atoms with Gasteiger partial charge in [0.2, 0.25) is 11.8 Å². The van der Waals surface area contributed by atoms with Crippen molar-refractivity contribution >= 4 is 46.7 Å². The van der Waals surface area contributed by atoms with Gasteiger partial charge in [0.25, 0.3) is 0 Å². The van der Waals surface area contributed by atoms with Crippen molar-refractivity contribution < 1.29 is 24.2 Å². The summed E-state index contributed by atoms with van der Waals surface area (Å²) >= 11 is 12.1. The van der Waals surface area contributed by atoms with Crippen molar-refractivity contribution in [1.82, 2.24) is 5.32 Å². The van der Waals surface area contributed by atoms with E-state index in [1.54, 1.807) is 18.2 Å². The zero-order chi connectivity index (χ0) is 18.8. The Morgan fingerprint density at radius 3 is 2.72 bits per heavy atom. The Morgan fingerprint density at radius 2 is 2.12 bits per heavy atom. The Morgan fingerprint density at radius 1 is 1.44 bits per heavy atom. The molecule has 2 unspecified atom stereocenters. The maximum Gasteiger partial charge on any atom is 0.331 e. The molecule has 0 bridgehead atoms. The van der Waals surface area contributed by atoms with E-state index >= 15 is 0 Å². The molecule has 9 heteroatoms. The molecular formula is C16H18Cl2N2O5. The van der Waals surface area contributed by atoms with Crippen LogP contribution >= 0.6 is 23.2 Å². The highest BCUT2D eigenvalue weighted by Gasteiger charge is 2.43. The molecule has 1 aromatic rings. The molecule has 2 atom stereocenters. The highest BCUT2D eigenvalue weighted by atomic mass is 35.5. The molecule has 0 saturated carbocycles. The van der Waals surface area contributed by atoms with Crippen molar-refractivity contribution in [3.8, 4) is 0 Å². The van der Waals surface area contributed by atoms with E-state index in [-0.39, 0.29) is 19.6 Å². The van der Waals surface area contributed by atoms with Gasteiger partial charge in [-0.25, -0.2) is 4.79 Å². The lowest BCUT2D eigenvalue weighted by Gasteiger charge is -2.26. The molecule has 0 radical (unpaired) electrons. The van der Waals surface area contributed by atoms with E-state index in [9.17, 15) is 19.5 Å². The third kappa shape index (κ3) is 4.05. The Kier molecular flexibility index (Phi) is 5.92. The molecule has 25 heavy (non-hydrogen) atoms. The van der Waals surface area contributed by atoms with Crippen molar-refractivity contribution in [2.24, 2.45) is 5.92 Å². The first kappa shape index (κ1) is 19.5. The first-order valence-corrected chi connectivity index (χ1v) is 8.26. The molecule has 2 N–H and O–H groups in total. The lowest BCUT2D eigenvalue weighted by molar-refractivity contribution is -0.150. The zero-order valence-electron chi connectivity index (χ0n) is 13.7. The van der Waals surface area contributed by atoms with Crippen molar-refractivity contribution in [3.05, 3.63) is 28.2 Å². The number of anilines is 1. The zero-order valence-corrected chi connectivity index (χ0v) is 15.2. The van der Waals surface area contributed by atoms with E-state index in [4.69, 9.17) is 27.9 Å². The van der Waals surface area contributed by atoms with Crippen LogP contribution < -0.4 is 10.2 Å². The van der Waals surface area contributed by atoms with E-state index < -0.39 is 29.2 Å². The second-order valence-corrected chi connectivity index (χ2v) is 6.83. The summed E-state index contributed by atoms with van der Waals surface area (Å²) in [7, 11) is 1.33. The third-order valence-electron chi connectivity index (χ3n) is 4.03. The molecule has 7 nitrogen and oxygen atoms in total. The summed E-state index contributed by atoms with van der Waals surface area (Å²) in [6, 6.07) is 4.72. The summed E-state index contributed by atoms with van der Waals surface area (Å²) in [4.78, 5) is 37.8. The van der Waals surface area contributed by atoms with Gasteiger partial charge < -0.3 is 20.1 Å². The van der Waals surface area contributed by atoms with Gasteiger partial charge in [0.15, 0.2) is 5.54 Å². The molecule has 0 aromatic heterocycles. The SMILES string of the molecule is COCC(C)(NC(=O)C1CCN(c2cc(Cl)ccc2Cl)C1=O)C(=O)O. The van der Waals surface area contributed by atoms with Gasteiger partial charge in [-0.2, -0.15) is 0 Å². The van der Waals surface area contributed by atoms with Crippen LogP contribution in [0.1, 0.15) is 13.3 Å². The monoisotopic (exact) mass is 388 g/mol. The molecule has 1 fully saturated rings. The maximum atomic E-state index is 12.6. The highest BCUT2D eigenvalue weighted by Crippen LogP contribution is 2.33. The summed E-state index contributed by atoms with van der Waals surface area (Å²) in [6.07, 6.45) is 0.246. The number of hydrogen-bond acceptors (Lipinski definition) is 4. The Bertz CT molecular complexity index is 712. The first-order valence-electron chi connectivity index (χ1n) is 7.50. The van der Waals surface area contributed by atoms with E-state index in [2.05, 4.69) is 5.32 Å². The van der Waals surface area contributed by atoms with Crippen LogP contribution in [0.4, 0.5) is 5.69 Å². The summed E-state index contributed by atoms with van der Waals surface area (Å²) in [5.74, 6) is -3.35. The summed E-state index contributed by atoms with van der Waals surface area (Å²) in [6.45, 7) is 1.38. The fourth-order valence-corrected chi connectivity index (χ4v) is 3.04. The van der Waals surface area contributed by atoms with Gasteiger partial charge in [-0.1, -0.05) is 23.2 Å². The Balaban J connectivity index is 2.17. The van der Waals surface area contributed by atoms with Crippen molar-refractivity contribution in [3.63, 3.8) is 0 Å². The minimum atomic E-state index is -1.62. The minimum Gasteiger partial charge on any atom is -0.479 e. The Hall–Kier alpha value is -1.83. The average molecular weight is 389 g/mol. The number of nitrogens with one attached hydrogen (secondary N) is 1. The number of methoxy groups -OCH3 is 1. The lowest BCUT2D eigenvalue weighted by Crippen LogP contribution is -2.57. The second kappa shape index (κ2) is 7.59. The smallest absolute Gasteiger partial charge is 0.331 e. The van der Waals surface area contributed by atoms with Crippen LogP contribution in [0.3, 0.4) is 0 Å². The second-order valence-electron chi connectivity index (χ2n) is 5.99. The molecule has 0 spiro atoms. The van der Waals surface area contributed by atoms with Crippen molar-refractivity contribution in [1.29, 1.82) is 0 Å². The van der Waals surface area contributed by atoms with Crippen LogP contribution in [0.2, 0.25) is 10.0 Å². The number of ether oxygens (including phenoxy) is 1. The van der Waals surface area contributed by atoms with E-state index in [0.29, 0.717) is 15.7 Å². The fraction of sp³-hybridized carbons (Fsp3) is 0.438. The maximum absolute atomic E-state index is 12.6. The number of benzene rings is 1. The molecule has 2 rings (SSSR count). The predicted octanol–water partition coefficient (Wildman–Crippen LogP) is 1.95. The topological polar surface area (TPSA) is 95.9 Å². The number of halogens is 2. The number of aliphatic carboxylic acids is 1. The lowest BCUT2D eigenvalue weighted by atomic mass is 10.0. The van der Waals surface area contributed by atoms with Crippen LogP contribution in [0.25, 0.3) is 0 Å². The average Bonchev–Trinajstić information content (AvgIpc) is 2.91. The van der Waals surface area contributed by atoms with E-state index in [0.717, 1.165) is 0 Å². The van der Waals surface area contributed by atoms with Crippen molar-refractivity contribution in [2.75, 3.05) is 25.2 Å². The van der Waals surface area contributed by atoms with E-state index in [1.807, 2.05) is 0 Å². The molecular weight excluding hydrogens is 371 g/mol. The molecule has 136 valence electrons. The van der Waals surface area contributed by atoms with Gasteiger partial charge in [-0.3, -0.25) is 9.59 Å². The Labute approximate surface area is 154 Å². The van der Waals surface area contributed by atoms with Crippen molar-refractivity contribution in [2.45, 2.75) is 18.9 Å². The first-order chi connectivity index (χ1) is 11.7. The number of carboxylic acids is 1. The molecule has 2 amide bonds. The largest absolute Gasteiger partial charge is 0.479 e. The van der Waals surface area contributed by atoms with Crippen LogP contribution in [0, 0.1) is 5.92 Å². The number of nitrogens with zero attached hydrogens (tertiary/aromatic N) is 1. The number of hydrogen-bond donors (Lipinski definition) is 2. The van der Waals surface area contributed by atoms with Gasteiger partial charge in [0.1, 0.15) is 5.92 Å².